The van der Waals surface area contributed by atoms with E-state index < -0.39 is 5.82 Å². The summed E-state index contributed by atoms with van der Waals surface area (Å²) < 4.78 is 12.9. The molecule has 0 bridgehead atoms. The molecule has 0 radical (unpaired) electrons. The first-order valence-corrected chi connectivity index (χ1v) is 5.44. The lowest BCUT2D eigenvalue weighted by atomic mass is 10.1. The number of aliphatic hydroxyl groups excluding tert-OH is 1. The van der Waals surface area contributed by atoms with E-state index in [4.69, 9.17) is 5.11 Å². The van der Waals surface area contributed by atoms with Gasteiger partial charge in [-0.05, 0) is 30.5 Å². The Morgan fingerprint density at radius 3 is 2.62 bits per heavy atom. The highest BCUT2D eigenvalue weighted by Gasteiger charge is 2.41. The second kappa shape index (κ2) is 4.39. The summed E-state index contributed by atoms with van der Waals surface area (Å²) in [5, 5.41) is 21.5. The van der Waals surface area contributed by atoms with E-state index in [2.05, 4.69) is 5.32 Å². The van der Waals surface area contributed by atoms with E-state index in [1.807, 2.05) is 0 Å². The van der Waals surface area contributed by atoms with Crippen LogP contribution < -0.4 is 5.32 Å². The Kier molecular flexibility index (Phi) is 3.12. The molecular weight excluding hydrogens is 209 g/mol. The average molecular weight is 225 g/mol. The van der Waals surface area contributed by atoms with Crippen molar-refractivity contribution in [3.63, 3.8) is 0 Å². The van der Waals surface area contributed by atoms with Crippen LogP contribution >= 0.6 is 0 Å². The molecule has 1 aliphatic carbocycles. The number of aromatic hydroxyl groups is 1. The third kappa shape index (κ3) is 2.71. The number of phenols is 1. The van der Waals surface area contributed by atoms with Crippen LogP contribution in [0.4, 0.5) is 4.39 Å². The molecule has 1 saturated carbocycles. The van der Waals surface area contributed by atoms with E-state index in [0.717, 1.165) is 25.5 Å². The summed E-state index contributed by atoms with van der Waals surface area (Å²) in [5.41, 5.74) is 0.765. The molecule has 4 heteroatoms. The predicted molar refractivity (Wildman–Crippen MR) is 58.5 cm³/mol. The SMILES string of the molecule is OCC1(CNCc2cc(O)cc(F)c2)CC1. The minimum atomic E-state index is -0.430. The molecule has 0 atom stereocenters. The molecule has 1 aromatic rings. The van der Waals surface area contributed by atoms with Crippen LogP contribution in [0.2, 0.25) is 0 Å². The lowest BCUT2D eigenvalue weighted by Crippen LogP contribution is -2.26. The van der Waals surface area contributed by atoms with E-state index in [1.165, 1.54) is 12.1 Å². The van der Waals surface area contributed by atoms with Gasteiger partial charge in [-0.1, -0.05) is 0 Å². The molecule has 16 heavy (non-hydrogen) atoms. The summed E-state index contributed by atoms with van der Waals surface area (Å²) in [6.45, 7) is 1.45. The number of phenolic OH excluding ortho intramolecular Hbond substituents is 1. The first-order valence-electron chi connectivity index (χ1n) is 5.44. The lowest BCUT2D eigenvalue weighted by Gasteiger charge is -2.12. The molecule has 0 saturated heterocycles. The fourth-order valence-corrected chi connectivity index (χ4v) is 1.77. The second-order valence-corrected chi connectivity index (χ2v) is 4.58. The van der Waals surface area contributed by atoms with Crippen molar-refractivity contribution in [2.75, 3.05) is 13.2 Å². The molecule has 3 N–H and O–H groups in total. The Balaban J connectivity index is 1.85. The maximum atomic E-state index is 12.9. The predicted octanol–water partition coefficient (Wildman–Crippen LogP) is 1.39. The summed E-state index contributed by atoms with van der Waals surface area (Å²) in [4.78, 5) is 0. The Morgan fingerprint density at radius 2 is 2.06 bits per heavy atom. The Bertz CT molecular complexity index is 357. The highest BCUT2D eigenvalue weighted by molar-refractivity contribution is 5.28. The second-order valence-electron chi connectivity index (χ2n) is 4.58. The van der Waals surface area contributed by atoms with Gasteiger partial charge in [0, 0.05) is 31.2 Å². The van der Waals surface area contributed by atoms with E-state index in [-0.39, 0.29) is 17.8 Å². The van der Waals surface area contributed by atoms with Gasteiger partial charge in [0.15, 0.2) is 0 Å². The Morgan fingerprint density at radius 1 is 1.31 bits per heavy atom. The van der Waals surface area contributed by atoms with Crippen molar-refractivity contribution in [1.29, 1.82) is 0 Å². The van der Waals surface area contributed by atoms with Crippen LogP contribution in [0.15, 0.2) is 18.2 Å². The van der Waals surface area contributed by atoms with Crippen molar-refractivity contribution < 1.29 is 14.6 Å². The van der Waals surface area contributed by atoms with Crippen LogP contribution in [0.3, 0.4) is 0 Å². The van der Waals surface area contributed by atoms with Gasteiger partial charge in [0.05, 0.1) is 0 Å². The van der Waals surface area contributed by atoms with Crippen molar-refractivity contribution in [2.45, 2.75) is 19.4 Å². The zero-order valence-electron chi connectivity index (χ0n) is 9.04. The largest absolute Gasteiger partial charge is 0.508 e. The molecule has 2 rings (SSSR count). The molecule has 0 spiro atoms. The number of aliphatic hydroxyl groups is 1. The molecule has 3 nitrogen and oxygen atoms in total. The highest BCUT2D eigenvalue weighted by atomic mass is 19.1. The number of nitrogens with one attached hydrogen (secondary N) is 1. The third-order valence-corrected chi connectivity index (χ3v) is 3.06. The number of hydrogen-bond acceptors (Lipinski definition) is 3. The number of benzene rings is 1. The van der Waals surface area contributed by atoms with Gasteiger partial charge in [-0.3, -0.25) is 0 Å². The number of halogens is 1. The van der Waals surface area contributed by atoms with Crippen molar-refractivity contribution in [3.05, 3.63) is 29.6 Å². The van der Waals surface area contributed by atoms with Gasteiger partial charge in [0.2, 0.25) is 0 Å². The van der Waals surface area contributed by atoms with Crippen LogP contribution in [0.1, 0.15) is 18.4 Å². The third-order valence-electron chi connectivity index (χ3n) is 3.06. The number of hydrogen-bond donors (Lipinski definition) is 3. The van der Waals surface area contributed by atoms with Crippen molar-refractivity contribution >= 4 is 0 Å². The molecule has 1 aromatic carbocycles. The molecule has 0 unspecified atom stereocenters. The average Bonchev–Trinajstić information content (AvgIpc) is 2.97. The van der Waals surface area contributed by atoms with E-state index in [1.54, 1.807) is 0 Å². The highest BCUT2D eigenvalue weighted by Crippen LogP contribution is 2.44. The summed E-state index contributed by atoms with van der Waals surface area (Å²) in [7, 11) is 0. The minimum absolute atomic E-state index is 0.0510. The Labute approximate surface area is 93.9 Å². The number of rotatable bonds is 5. The smallest absolute Gasteiger partial charge is 0.127 e. The first-order chi connectivity index (χ1) is 7.63. The van der Waals surface area contributed by atoms with Gasteiger partial charge in [-0.25, -0.2) is 4.39 Å². The van der Waals surface area contributed by atoms with E-state index in [9.17, 15) is 9.50 Å². The first kappa shape index (κ1) is 11.4. The van der Waals surface area contributed by atoms with Gasteiger partial charge < -0.3 is 15.5 Å². The van der Waals surface area contributed by atoms with Gasteiger partial charge in [-0.2, -0.15) is 0 Å². The molecule has 0 amide bonds. The lowest BCUT2D eigenvalue weighted by molar-refractivity contribution is 0.207. The Hall–Kier alpha value is -1.13. The van der Waals surface area contributed by atoms with Crippen LogP contribution in [0.25, 0.3) is 0 Å². The van der Waals surface area contributed by atoms with E-state index in [0.29, 0.717) is 12.1 Å². The molecule has 0 aromatic heterocycles. The molecule has 88 valence electrons. The molecule has 1 fully saturated rings. The monoisotopic (exact) mass is 225 g/mol. The van der Waals surface area contributed by atoms with Crippen molar-refractivity contribution in [2.24, 2.45) is 5.41 Å². The fraction of sp³-hybridized carbons (Fsp3) is 0.500. The zero-order chi connectivity index (χ0) is 11.6. The maximum absolute atomic E-state index is 12.9. The van der Waals surface area contributed by atoms with Crippen LogP contribution in [-0.2, 0) is 6.54 Å². The van der Waals surface area contributed by atoms with Gasteiger partial charge >= 0.3 is 0 Å². The van der Waals surface area contributed by atoms with Crippen LogP contribution in [-0.4, -0.2) is 23.4 Å². The van der Waals surface area contributed by atoms with Crippen molar-refractivity contribution in [3.8, 4) is 5.75 Å². The quantitative estimate of drug-likeness (QED) is 0.710. The maximum Gasteiger partial charge on any atom is 0.127 e. The minimum Gasteiger partial charge on any atom is -0.508 e. The molecule has 1 aliphatic rings. The summed E-state index contributed by atoms with van der Waals surface area (Å²) in [6, 6.07) is 4.01. The standard InChI is InChI=1S/C12H16FNO2/c13-10-3-9(4-11(16)5-10)6-14-7-12(8-15)1-2-12/h3-5,14-16H,1-2,6-8H2. The fourth-order valence-electron chi connectivity index (χ4n) is 1.77. The van der Waals surface area contributed by atoms with Gasteiger partial charge in [0.25, 0.3) is 0 Å². The summed E-state index contributed by atoms with van der Waals surface area (Å²) >= 11 is 0. The normalized spacial score (nSPS) is 17.4. The van der Waals surface area contributed by atoms with Crippen molar-refractivity contribution in [1.82, 2.24) is 5.32 Å². The topological polar surface area (TPSA) is 52.5 Å². The molecular formula is C12H16FNO2. The van der Waals surface area contributed by atoms with E-state index >= 15 is 0 Å². The van der Waals surface area contributed by atoms with Crippen LogP contribution in [0.5, 0.6) is 5.75 Å². The molecule has 0 heterocycles. The zero-order valence-corrected chi connectivity index (χ0v) is 9.04. The van der Waals surface area contributed by atoms with Gasteiger partial charge in [0.1, 0.15) is 11.6 Å². The van der Waals surface area contributed by atoms with Gasteiger partial charge in [-0.15, -0.1) is 0 Å². The molecule has 0 aliphatic heterocycles. The van der Waals surface area contributed by atoms with Crippen LogP contribution in [0, 0.1) is 11.2 Å². The summed E-state index contributed by atoms with van der Waals surface area (Å²) in [5.74, 6) is -0.486. The summed E-state index contributed by atoms with van der Waals surface area (Å²) in [6.07, 6.45) is 2.09.